The third kappa shape index (κ3) is 4.94. The molecule has 0 N–H and O–H groups in total. The maximum Gasteiger partial charge on any atom is 0.282 e. The van der Waals surface area contributed by atoms with Crippen LogP contribution >= 0.6 is 43.5 Å². The van der Waals surface area contributed by atoms with Crippen LogP contribution in [0, 0.1) is 0 Å². The first-order valence-corrected chi connectivity index (χ1v) is 12.6. The lowest BCUT2D eigenvalue weighted by molar-refractivity contribution is 0.174. The number of rotatable bonds is 6. The fourth-order valence-electron chi connectivity index (χ4n) is 3.68. The minimum Gasteiger partial charge on any atom is -0.487 e. The predicted octanol–water partition coefficient (Wildman–Crippen LogP) is 6.33. The summed E-state index contributed by atoms with van der Waals surface area (Å²) in [6.45, 7) is 2.42. The molecule has 0 spiro atoms. The Labute approximate surface area is 222 Å². The highest BCUT2D eigenvalue weighted by Gasteiger charge is 2.15. The molecule has 0 atom stereocenters. The van der Waals surface area contributed by atoms with Gasteiger partial charge in [0, 0.05) is 21.5 Å². The molecule has 2 heterocycles. The van der Waals surface area contributed by atoms with Crippen LogP contribution in [-0.2, 0) is 13.0 Å². The zero-order valence-corrected chi connectivity index (χ0v) is 22.4. The highest BCUT2D eigenvalue weighted by Crippen LogP contribution is 2.35. The van der Waals surface area contributed by atoms with Gasteiger partial charge in [-0.25, -0.2) is 4.98 Å². The monoisotopic (exact) mass is 617 g/mol. The van der Waals surface area contributed by atoms with Crippen molar-refractivity contribution in [3.05, 3.63) is 89.8 Å². The third-order valence-electron chi connectivity index (χ3n) is 5.36. The van der Waals surface area contributed by atoms with Crippen LogP contribution in [-0.4, -0.2) is 22.7 Å². The molecule has 0 radical (unpaired) electrons. The van der Waals surface area contributed by atoms with Crippen LogP contribution in [0.2, 0.25) is 5.02 Å². The van der Waals surface area contributed by atoms with Crippen molar-refractivity contribution >= 4 is 60.6 Å². The van der Waals surface area contributed by atoms with E-state index in [1.165, 1.54) is 4.68 Å². The van der Waals surface area contributed by atoms with Crippen LogP contribution in [0.15, 0.2) is 67.4 Å². The molecule has 1 aliphatic rings. The van der Waals surface area contributed by atoms with E-state index in [0.717, 1.165) is 10.0 Å². The topological polar surface area (TPSA) is 74.9 Å². The van der Waals surface area contributed by atoms with Crippen molar-refractivity contribution in [3.8, 4) is 17.2 Å². The van der Waals surface area contributed by atoms with Gasteiger partial charge in [0.25, 0.3) is 5.56 Å². The van der Waals surface area contributed by atoms with E-state index in [2.05, 4.69) is 41.9 Å². The van der Waals surface area contributed by atoms with Gasteiger partial charge in [0.15, 0.2) is 11.5 Å². The molecule has 0 bridgehead atoms. The number of hydrogen-bond donors (Lipinski definition) is 0. The second-order valence-corrected chi connectivity index (χ2v) is 9.89. The van der Waals surface area contributed by atoms with Crippen molar-refractivity contribution in [2.24, 2.45) is 5.10 Å². The summed E-state index contributed by atoms with van der Waals surface area (Å²) in [5, 5.41) is 5.45. The van der Waals surface area contributed by atoms with E-state index in [1.54, 1.807) is 24.4 Å². The molecule has 35 heavy (non-hydrogen) atoms. The van der Waals surface area contributed by atoms with Gasteiger partial charge in [-0.05, 0) is 64.0 Å². The van der Waals surface area contributed by atoms with Crippen LogP contribution in [0.1, 0.15) is 23.9 Å². The predicted molar refractivity (Wildman–Crippen MR) is 142 cm³/mol. The number of ether oxygens (including phenoxy) is 3. The molecule has 7 nitrogen and oxygen atoms in total. The molecule has 0 fully saturated rings. The van der Waals surface area contributed by atoms with Crippen LogP contribution < -0.4 is 19.8 Å². The Hall–Kier alpha value is -2.88. The Kier molecular flexibility index (Phi) is 6.82. The molecule has 0 saturated heterocycles. The quantitative estimate of drug-likeness (QED) is 0.236. The highest BCUT2D eigenvalue weighted by atomic mass is 79.9. The molecule has 4 aromatic rings. The van der Waals surface area contributed by atoms with Gasteiger partial charge in [-0.1, -0.05) is 40.5 Å². The Morgan fingerprint density at radius 3 is 2.80 bits per heavy atom. The van der Waals surface area contributed by atoms with Crippen LogP contribution in [0.5, 0.6) is 17.2 Å². The second-order valence-electron chi connectivity index (χ2n) is 7.69. The molecule has 10 heteroatoms. The Morgan fingerprint density at radius 1 is 1.14 bits per heavy atom. The van der Waals surface area contributed by atoms with E-state index < -0.39 is 0 Å². The van der Waals surface area contributed by atoms with E-state index in [-0.39, 0.29) is 19.0 Å². The van der Waals surface area contributed by atoms with Gasteiger partial charge >= 0.3 is 0 Å². The normalized spacial score (nSPS) is 12.6. The van der Waals surface area contributed by atoms with Gasteiger partial charge in [-0.2, -0.15) is 9.78 Å². The summed E-state index contributed by atoms with van der Waals surface area (Å²) in [5.74, 6) is 2.48. The number of hydrogen-bond acceptors (Lipinski definition) is 6. The van der Waals surface area contributed by atoms with Crippen LogP contribution in [0.4, 0.5) is 0 Å². The summed E-state index contributed by atoms with van der Waals surface area (Å²) >= 11 is 13.3. The number of nitrogens with zero attached hydrogens (tertiary/aromatic N) is 3. The van der Waals surface area contributed by atoms with E-state index >= 15 is 0 Å². The molecule has 1 aliphatic heterocycles. The van der Waals surface area contributed by atoms with Crippen molar-refractivity contribution in [2.45, 2.75) is 20.0 Å². The van der Waals surface area contributed by atoms with E-state index in [0.29, 0.717) is 55.5 Å². The lowest BCUT2D eigenvalue weighted by Gasteiger charge is -2.13. The summed E-state index contributed by atoms with van der Waals surface area (Å²) in [6.07, 6.45) is 2.09. The fourth-order valence-corrected chi connectivity index (χ4v) is 4.99. The zero-order valence-electron chi connectivity index (χ0n) is 18.4. The zero-order chi connectivity index (χ0) is 24.5. The van der Waals surface area contributed by atoms with Crippen molar-refractivity contribution in [3.63, 3.8) is 0 Å². The molecule has 0 unspecified atom stereocenters. The first-order chi connectivity index (χ1) is 16.9. The van der Waals surface area contributed by atoms with E-state index in [4.69, 9.17) is 25.8 Å². The molecule has 0 aliphatic carbocycles. The summed E-state index contributed by atoms with van der Waals surface area (Å²) in [5.41, 5.74) is 1.88. The summed E-state index contributed by atoms with van der Waals surface area (Å²) in [7, 11) is 0. The molecule has 0 amide bonds. The van der Waals surface area contributed by atoms with Gasteiger partial charge in [0.2, 0.25) is 6.79 Å². The number of fused-ring (bicyclic) bond motifs is 2. The Balaban J connectivity index is 1.50. The summed E-state index contributed by atoms with van der Waals surface area (Å²) in [4.78, 5) is 17.8. The summed E-state index contributed by atoms with van der Waals surface area (Å²) < 4.78 is 19.7. The third-order valence-corrected chi connectivity index (χ3v) is 6.66. The molecule has 178 valence electrons. The number of aromatic nitrogens is 2. The number of benzene rings is 3. The highest BCUT2D eigenvalue weighted by molar-refractivity contribution is 9.10. The van der Waals surface area contributed by atoms with E-state index in [1.807, 2.05) is 37.3 Å². The lowest BCUT2D eigenvalue weighted by Crippen LogP contribution is -2.22. The minimum absolute atomic E-state index is 0.211. The van der Waals surface area contributed by atoms with Gasteiger partial charge in [0.05, 0.1) is 21.6 Å². The van der Waals surface area contributed by atoms with Gasteiger partial charge in [-0.15, -0.1) is 0 Å². The van der Waals surface area contributed by atoms with Crippen LogP contribution in [0.25, 0.3) is 10.9 Å². The maximum absolute atomic E-state index is 13.2. The van der Waals surface area contributed by atoms with Crippen molar-refractivity contribution in [2.75, 3.05) is 6.79 Å². The first-order valence-electron chi connectivity index (χ1n) is 10.7. The molecule has 5 rings (SSSR count). The largest absolute Gasteiger partial charge is 0.487 e. The Bertz CT molecular complexity index is 1540. The second kappa shape index (κ2) is 10.0. The van der Waals surface area contributed by atoms with Gasteiger partial charge in [-0.3, -0.25) is 4.79 Å². The van der Waals surface area contributed by atoms with Gasteiger partial charge in [0.1, 0.15) is 18.2 Å². The molecule has 0 saturated carbocycles. The van der Waals surface area contributed by atoms with Crippen LogP contribution in [0.3, 0.4) is 0 Å². The van der Waals surface area contributed by atoms with Crippen molar-refractivity contribution in [1.82, 2.24) is 9.66 Å². The average Bonchev–Trinajstić information content (AvgIpc) is 3.31. The average molecular weight is 620 g/mol. The smallest absolute Gasteiger partial charge is 0.282 e. The Morgan fingerprint density at radius 2 is 1.97 bits per heavy atom. The maximum atomic E-state index is 13.2. The number of halogens is 3. The fraction of sp³-hybridized carbons (Fsp3) is 0.160. The van der Waals surface area contributed by atoms with E-state index in [9.17, 15) is 4.79 Å². The molecular weight excluding hydrogens is 602 g/mol. The summed E-state index contributed by atoms with van der Waals surface area (Å²) in [6, 6.07) is 14.5. The van der Waals surface area contributed by atoms with Crippen molar-refractivity contribution < 1.29 is 14.2 Å². The number of aryl methyl sites for hydroxylation is 1. The SMILES string of the molecule is CCc1nc2ccc(Br)cc2c(=O)n1N=Cc1cc(Cl)cc(Br)c1OCc1ccc2c(c1)OCO2. The standard InChI is InChI=1S/C25H18Br2ClN3O4/c1-2-23-30-20-5-4-16(26)9-18(20)25(32)31(23)29-11-15-8-17(28)10-19(27)24(15)33-12-14-3-6-21-22(7-14)35-13-34-21/h3-11H,2,12-13H2,1H3. The molecule has 3 aromatic carbocycles. The minimum atomic E-state index is -0.256. The van der Waals surface area contributed by atoms with Crippen molar-refractivity contribution in [1.29, 1.82) is 0 Å². The molecular formula is C25H18Br2ClN3O4. The molecule has 1 aromatic heterocycles. The lowest BCUT2D eigenvalue weighted by atomic mass is 10.2. The van der Waals surface area contributed by atoms with Gasteiger partial charge < -0.3 is 14.2 Å². The first kappa shape index (κ1) is 23.8.